The number of fused-ring (bicyclic) bond motifs is 1. The third kappa shape index (κ3) is 8.72. The number of aliphatic hydroxyl groups excluding tert-OH is 1. The van der Waals surface area contributed by atoms with Crippen molar-refractivity contribution in [2.75, 3.05) is 14.2 Å². The van der Waals surface area contributed by atoms with Crippen molar-refractivity contribution in [2.45, 2.75) is 37.6 Å². The Bertz CT molecular complexity index is 2420. The molecule has 57 heavy (non-hydrogen) atoms. The molecule has 1 fully saturated rings. The molecular formula is C41H36O16. The van der Waals surface area contributed by atoms with E-state index >= 15 is 0 Å². The Morgan fingerprint density at radius 3 is 1.82 bits per heavy atom. The maximum atomic E-state index is 14.0. The second-order valence-corrected chi connectivity index (χ2v) is 12.6. The van der Waals surface area contributed by atoms with Crippen molar-refractivity contribution in [1.29, 1.82) is 0 Å². The fourth-order valence-corrected chi connectivity index (χ4v) is 5.94. The van der Waals surface area contributed by atoms with Crippen LogP contribution in [0.15, 0.2) is 94.2 Å². The summed E-state index contributed by atoms with van der Waals surface area (Å²) in [5, 5.41) is 61.8. The lowest BCUT2D eigenvalue weighted by Gasteiger charge is -2.41. The van der Waals surface area contributed by atoms with Crippen molar-refractivity contribution in [3.8, 4) is 57.3 Å². The molecule has 4 aromatic carbocycles. The van der Waals surface area contributed by atoms with Gasteiger partial charge < -0.3 is 63.5 Å². The summed E-state index contributed by atoms with van der Waals surface area (Å²) in [5.74, 6) is -3.94. The molecule has 1 aromatic heterocycles. The zero-order valence-corrected chi connectivity index (χ0v) is 30.4. The molecule has 1 saturated heterocycles. The summed E-state index contributed by atoms with van der Waals surface area (Å²) < 4.78 is 39.5. The highest BCUT2D eigenvalue weighted by molar-refractivity contribution is 5.89. The first-order valence-electron chi connectivity index (χ1n) is 17.1. The molecule has 5 aromatic rings. The van der Waals surface area contributed by atoms with Gasteiger partial charge in [-0.3, -0.25) is 4.79 Å². The molecule has 5 atom stereocenters. The van der Waals surface area contributed by atoms with Crippen molar-refractivity contribution in [3.05, 3.63) is 106 Å². The number of phenols is 5. The predicted octanol–water partition coefficient (Wildman–Crippen LogP) is 4.74. The molecule has 0 spiro atoms. The van der Waals surface area contributed by atoms with Gasteiger partial charge >= 0.3 is 11.9 Å². The summed E-state index contributed by atoms with van der Waals surface area (Å²) >= 11 is 0. The molecule has 1 aliphatic heterocycles. The summed E-state index contributed by atoms with van der Waals surface area (Å²) in [6, 6.07) is 16.0. The number of phenolic OH excluding ortho intramolecular Hbond substituents is 5. The van der Waals surface area contributed by atoms with E-state index in [0.717, 1.165) is 24.3 Å². The monoisotopic (exact) mass is 784 g/mol. The molecule has 16 heteroatoms. The Morgan fingerprint density at radius 2 is 1.26 bits per heavy atom. The second kappa shape index (κ2) is 16.7. The molecule has 6 rings (SSSR count). The van der Waals surface area contributed by atoms with E-state index in [1.807, 2.05) is 0 Å². The Kier molecular flexibility index (Phi) is 11.6. The van der Waals surface area contributed by atoms with Gasteiger partial charge in [-0.15, -0.1) is 0 Å². The average Bonchev–Trinajstić information content (AvgIpc) is 3.18. The van der Waals surface area contributed by atoms with Gasteiger partial charge in [-0.05, 0) is 78.7 Å². The number of aromatic hydroxyl groups is 5. The normalized spacial score (nSPS) is 19.4. The van der Waals surface area contributed by atoms with E-state index in [2.05, 4.69) is 0 Å². The quantitative estimate of drug-likeness (QED) is 0.0783. The standard InChI is InChI=1S/C41H36O16/c1-20-37(55-32(47)14-6-21-4-12-26(44)29(16-21)51-2)36(50)40(56-33(48)15-7-22-5-13-27(45)30(17-22)52-3)41(53-20)57-39-35(49)34-28(46)18-25(43)19-31(34)54-38(39)23-8-10-24(42)11-9-23/h4-20,36-37,40-46,50H,1-3H3. The molecule has 0 saturated carbocycles. The zero-order chi connectivity index (χ0) is 41.0. The molecule has 6 N–H and O–H groups in total. The highest BCUT2D eigenvalue weighted by atomic mass is 16.7. The highest BCUT2D eigenvalue weighted by Gasteiger charge is 2.49. The number of carbonyl (C=O) groups is 2. The molecule has 0 aliphatic carbocycles. The zero-order valence-electron chi connectivity index (χ0n) is 30.4. The third-order valence-electron chi connectivity index (χ3n) is 8.77. The lowest BCUT2D eigenvalue weighted by molar-refractivity contribution is -0.275. The maximum absolute atomic E-state index is 14.0. The first kappa shape index (κ1) is 39.5. The van der Waals surface area contributed by atoms with Crippen LogP contribution in [0.1, 0.15) is 18.1 Å². The summed E-state index contributed by atoms with van der Waals surface area (Å²) in [4.78, 5) is 40.4. The molecule has 2 heterocycles. The smallest absolute Gasteiger partial charge is 0.331 e. The van der Waals surface area contributed by atoms with E-state index < -0.39 is 65.3 Å². The van der Waals surface area contributed by atoms with Crippen LogP contribution >= 0.6 is 0 Å². The largest absolute Gasteiger partial charge is 0.508 e. The van der Waals surface area contributed by atoms with E-state index in [1.165, 1.54) is 94.0 Å². The molecule has 0 amide bonds. The van der Waals surface area contributed by atoms with Gasteiger partial charge in [0, 0.05) is 29.8 Å². The van der Waals surface area contributed by atoms with Crippen LogP contribution in [-0.4, -0.2) is 87.5 Å². The molecule has 296 valence electrons. The number of ether oxygens (including phenoxy) is 6. The molecular weight excluding hydrogens is 748 g/mol. The minimum absolute atomic E-state index is 0.115. The minimum Gasteiger partial charge on any atom is -0.508 e. The first-order chi connectivity index (χ1) is 27.3. The van der Waals surface area contributed by atoms with Crippen molar-refractivity contribution >= 4 is 35.1 Å². The molecule has 16 nitrogen and oxygen atoms in total. The summed E-state index contributed by atoms with van der Waals surface area (Å²) in [5.41, 5.74) is -0.0894. The Hall–Kier alpha value is -7.17. The highest BCUT2D eigenvalue weighted by Crippen LogP contribution is 2.38. The number of hydrogen-bond donors (Lipinski definition) is 6. The fourth-order valence-electron chi connectivity index (χ4n) is 5.94. The number of carbonyl (C=O) groups excluding carboxylic acids is 2. The van der Waals surface area contributed by atoms with Crippen molar-refractivity contribution < 1.29 is 73.1 Å². The summed E-state index contributed by atoms with van der Waals surface area (Å²) in [6.45, 7) is 1.43. The first-order valence-corrected chi connectivity index (χ1v) is 17.1. The minimum atomic E-state index is -1.84. The summed E-state index contributed by atoms with van der Waals surface area (Å²) in [7, 11) is 2.71. The van der Waals surface area contributed by atoms with E-state index in [4.69, 9.17) is 32.8 Å². The third-order valence-corrected chi connectivity index (χ3v) is 8.77. The van der Waals surface area contributed by atoms with Crippen LogP contribution in [0.2, 0.25) is 0 Å². The van der Waals surface area contributed by atoms with Crippen LogP contribution in [0, 0.1) is 0 Å². The maximum Gasteiger partial charge on any atom is 0.331 e. The van der Waals surface area contributed by atoms with Crippen LogP contribution in [0.5, 0.6) is 46.0 Å². The second-order valence-electron chi connectivity index (χ2n) is 12.6. The topological polar surface area (TPSA) is 241 Å². The molecule has 5 unspecified atom stereocenters. The van der Waals surface area contributed by atoms with Crippen LogP contribution < -0.4 is 19.6 Å². The summed E-state index contributed by atoms with van der Waals surface area (Å²) in [6.07, 6.45) is -3.31. The molecule has 0 radical (unpaired) electrons. The van der Waals surface area contributed by atoms with Gasteiger partial charge in [-0.2, -0.15) is 0 Å². The van der Waals surface area contributed by atoms with Crippen LogP contribution in [-0.2, 0) is 23.8 Å². The number of aliphatic hydroxyl groups is 1. The molecule has 0 bridgehead atoms. The van der Waals surface area contributed by atoms with Crippen molar-refractivity contribution in [2.24, 2.45) is 0 Å². The van der Waals surface area contributed by atoms with Crippen molar-refractivity contribution in [3.63, 3.8) is 0 Å². The Labute approximate surface area is 323 Å². The average molecular weight is 785 g/mol. The number of benzene rings is 4. The lowest BCUT2D eigenvalue weighted by atomic mass is 9.99. The fraction of sp³-hybridized carbons (Fsp3) is 0.195. The van der Waals surface area contributed by atoms with Gasteiger partial charge in [0.05, 0.1) is 20.3 Å². The van der Waals surface area contributed by atoms with Crippen molar-refractivity contribution in [1.82, 2.24) is 0 Å². The lowest BCUT2D eigenvalue weighted by Crippen LogP contribution is -2.61. The van der Waals surface area contributed by atoms with Gasteiger partial charge in [-0.25, -0.2) is 9.59 Å². The van der Waals surface area contributed by atoms with E-state index in [0.29, 0.717) is 11.1 Å². The SMILES string of the molecule is COc1cc(C=CC(=O)OC2C(C)OC(Oc3c(-c4ccc(O)cc4)oc4cc(O)cc(O)c4c3=O)C(OC(=O)C=Cc3ccc(O)c(OC)c3)C2O)ccc1O. The Balaban J connectivity index is 1.35. The number of hydrogen-bond acceptors (Lipinski definition) is 16. The van der Waals surface area contributed by atoms with Gasteiger partial charge in [-0.1, -0.05) is 12.1 Å². The predicted molar refractivity (Wildman–Crippen MR) is 201 cm³/mol. The number of methoxy groups -OCH3 is 2. The van der Waals surface area contributed by atoms with Crippen LogP contribution in [0.4, 0.5) is 0 Å². The van der Waals surface area contributed by atoms with E-state index in [9.17, 15) is 45.0 Å². The van der Waals surface area contributed by atoms with Gasteiger partial charge in [0.2, 0.25) is 17.5 Å². The van der Waals surface area contributed by atoms with Gasteiger partial charge in [0.1, 0.15) is 34.3 Å². The van der Waals surface area contributed by atoms with E-state index in [-0.39, 0.29) is 51.0 Å². The molecule has 1 aliphatic rings. The Morgan fingerprint density at radius 1 is 0.702 bits per heavy atom. The van der Waals surface area contributed by atoms with Crippen LogP contribution in [0.25, 0.3) is 34.4 Å². The number of rotatable bonds is 11. The van der Waals surface area contributed by atoms with Gasteiger partial charge in [0.25, 0.3) is 0 Å². The van der Waals surface area contributed by atoms with Crippen LogP contribution in [0.3, 0.4) is 0 Å². The van der Waals surface area contributed by atoms with Gasteiger partial charge in [0.15, 0.2) is 41.0 Å². The number of esters is 2. The van der Waals surface area contributed by atoms with E-state index in [1.54, 1.807) is 0 Å².